The Bertz CT molecular complexity index is 949. The number of hydrogen-bond donors (Lipinski definition) is 0. The summed E-state index contributed by atoms with van der Waals surface area (Å²) in [4.78, 5) is 37.6. The second-order valence-electron chi connectivity index (χ2n) is 14.6. The van der Waals surface area contributed by atoms with Crippen LogP contribution in [0, 0.1) is 0 Å². The number of allylic oxidation sites excluding steroid dienone is 8. The zero-order chi connectivity index (χ0) is 38.7. The summed E-state index contributed by atoms with van der Waals surface area (Å²) < 4.78 is 16.6. The highest BCUT2D eigenvalue weighted by atomic mass is 16.6. The van der Waals surface area contributed by atoms with Crippen LogP contribution in [0.4, 0.5) is 0 Å². The maximum atomic E-state index is 12.7. The third-order valence-electron chi connectivity index (χ3n) is 9.38. The first-order valence-electron chi connectivity index (χ1n) is 22.2. The molecule has 0 aromatic heterocycles. The first-order valence-corrected chi connectivity index (χ1v) is 22.2. The molecule has 0 saturated heterocycles. The van der Waals surface area contributed by atoms with Crippen LogP contribution in [0.1, 0.15) is 213 Å². The SMILES string of the molecule is CC\C=C/C=C\C=C/CCCCCCCC(=O)OCC(COC(=O)CCC/C=C\CCCCCC)OC(=O)CCCCCCCCCCCCCCC. The van der Waals surface area contributed by atoms with E-state index in [-0.39, 0.29) is 31.1 Å². The van der Waals surface area contributed by atoms with Crippen molar-refractivity contribution in [2.75, 3.05) is 13.2 Å². The highest BCUT2D eigenvalue weighted by Crippen LogP contribution is 2.14. The van der Waals surface area contributed by atoms with Crippen LogP contribution < -0.4 is 0 Å². The average molecular weight is 743 g/mol. The minimum atomic E-state index is -0.786. The quantitative estimate of drug-likeness (QED) is 0.0205. The van der Waals surface area contributed by atoms with Crippen molar-refractivity contribution in [2.45, 2.75) is 219 Å². The molecule has 0 bridgehead atoms. The van der Waals surface area contributed by atoms with Gasteiger partial charge in [0.1, 0.15) is 13.2 Å². The largest absolute Gasteiger partial charge is 0.462 e. The molecule has 0 aliphatic carbocycles. The molecule has 6 nitrogen and oxygen atoms in total. The minimum absolute atomic E-state index is 0.0910. The summed E-state index contributed by atoms with van der Waals surface area (Å²) in [6.07, 6.45) is 48.1. The number of carbonyl (C=O) groups is 3. The van der Waals surface area contributed by atoms with Crippen molar-refractivity contribution in [1.82, 2.24) is 0 Å². The molecule has 0 heterocycles. The first kappa shape index (κ1) is 50.4. The predicted molar refractivity (Wildman–Crippen MR) is 224 cm³/mol. The summed E-state index contributed by atoms with van der Waals surface area (Å²) in [7, 11) is 0. The Morgan fingerprint density at radius 2 is 0.774 bits per heavy atom. The van der Waals surface area contributed by atoms with Crippen LogP contribution in [-0.4, -0.2) is 37.2 Å². The van der Waals surface area contributed by atoms with E-state index >= 15 is 0 Å². The number of unbranched alkanes of at least 4 members (excludes halogenated alkanes) is 22. The number of ether oxygens (including phenoxy) is 3. The van der Waals surface area contributed by atoms with Gasteiger partial charge in [-0.05, 0) is 57.8 Å². The lowest BCUT2D eigenvalue weighted by atomic mass is 10.0. The maximum absolute atomic E-state index is 12.7. The standard InChI is InChI=1S/C47H82O6/c1-4-7-10-13-16-19-21-23-25-28-31-34-37-40-46(49)52-43-44(42-51-45(48)39-36-33-30-27-18-15-12-9-6-3)53-47(50)41-38-35-32-29-26-24-22-20-17-14-11-8-5-2/h7,10,13,16,19,21,27,30,44H,4-6,8-9,11-12,14-15,17-18,20,22-26,28-29,31-43H2,1-3H3/b10-7-,16-13-,21-19-,30-27-. The molecule has 0 saturated carbocycles. The topological polar surface area (TPSA) is 78.9 Å². The molecule has 0 aromatic rings. The van der Waals surface area contributed by atoms with E-state index in [4.69, 9.17) is 14.2 Å². The Kier molecular flexibility index (Phi) is 40.0. The number of esters is 3. The van der Waals surface area contributed by atoms with E-state index in [1.54, 1.807) is 0 Å². The van der Waals surface area contributed by atoms with Crippen LogP contribution in [0.25, 0.3) is 0 Å². The van der Waals surface area contributed by atoms with Gasteiger partial charge < -0.3 is 14.2 Å². The van der Waals surface area contributed by atoms with Crippen molar-refractivity contribution in [3.05, 3.63) is 48.6 Å². The van der Waals surface area contributed by atoms with Crippen LogP contribution in [0.5, 0.6) is 0 Å². The van der Waals surface area contributed by atoms with E-state index < -0.39 is 6.10 Å². The van der Waals surface area contributed by atoms with Crippen LogP contribution in [-0.2, 0) is 28.6 Å². The Morgan fingerprint density at radius 3 is 1.28 bits per heavy atom. The second-order valence-corrected chi connectivity index (χ2v) is 14.6. The molecule has 0 fully saturated rings. The van der Waals surface area contributed by atoms with Crippen molar-refractivity contribution in [2.24, 2.45) is 0 Å². The minimum Gasteiger partial charge on any atom is -0.462 e. The molecular formula is C47H82O6. The van der Waals surface area contributed by atoms with E-state index in [9.17, 15) is 14.4 Å². The lowest BCUT2D eigenvalue weighted by molar-refractivity contribution is -0.167. The van der Waals surface area contributed by atoms with Gasteiger partial charge in [0, 0.05) is 19.3 Å². The summed E-state index contributed by atoms with van der Waals surface area (Å²) in [5.41, 5.74) is 0. The first-order chi connectivity index (χ1) is 26.0. The molecule has 0 spiro atoms. The zero-order valence-electron chi connectivity index (χ0n) is 34.8. The Balaban J connectivity index is 4.41. The van der Waals surface area contributed by atoms with E-state index in [1.807, 2.05) is 0 Å². The zero-order valence-corrected chi connectivity index (χ0v) is 34.8. The van der Waals surface area contributed by atoms with Gasteiger partial charge in [-0.2, -0.15) is 0 Å². The third kappa shape index (κ3) is 40.4. The summed E-state index contributed by atoms with van der Waals surface area (Å²) in [6.45, 7) is 6.41. The van der Waals surface area contributed by atoms with E-state index in [2.05, 4.69) is 69.4 Å². The van der Waals surface area contributed by atoms with Crippen molar-refractivity contribution in [1.29, 1.82) is 0 Å². The fraction of sp³-hybridized carbons (Fsp3) is 0.766. The number of hydrogen-bond acceptors (Lipinski definition) is 6. The summed E-state index contributed by atoms with van der Waals surface area (Å²) in [5, 5.41) is 0. The summed E-state index contributed by atoms with van der Waals surface area (Å²) >= 11 is 0. The summed E-state index contributed by atoms with van der Waals surface area (Å²) in [5.74, 6) is -0.947. The Hall–Kier alpha value is -2.63. The Morgan fingerprint density at radius 1 is 0.396 bits per heavy atom. The maximum Gasteiger partial charge on any atom is 0.306 e. The van der Waals surface area contributed by atoms with Crippen LogP contribution >= 0.6 is 0 Å². The average Bonchev–Trinajstić information content (AvgIpc) is 3.15. The molecular weight excluding hydrogens is 661 g/mol. The van der Waals surface area contributed by atoms with Crippen LogP contribution in [0.2, 0.25) is 0 Å². The fourth-order valence-corrected chi connectivity index (χ4v) is 6.03. The molecule has 6 heteroatoms. The fourth-order valence-electron chi connectivity index (χ4n) is 6.03. The molecule has 0 aliphatic heterocycles. The molecule has 0 radical (unpaired) electrons. The van der Waals surface area contributed by atoms with Gasteiger partial charge in [0.15, 0.2) is 6.10 Å². The van der Waals surface area contributed by atoms with E-state index in [0.717, 1.165) is 77.0 Å². The van der Waals surface area contributed by atoms with E-state index in [1.165, 1.54) is 89.9 Å². The molecule has 1 atom stereocenters. The normalized spacial score (nSPS) is 12.4. The van der Waals surface area contributed by atoms with Crippen molar-refractivity contribution >= 4 is 17.9 Å². The molecule has 0 aliphatic rings. The van der Waals surface area contributed by atoms with Gasteiger partial charge in [-0.1, -0.05) is 185 Å². The molecule has 0 N–H and O–H groups in total. The van der Waals surface area contributed by atoms with Crippen molar-refractivity contribution in [3.63, 3.8) is 0 Å². The molecule has 0 rings (SSSR count). The van der Waals surface area contributed by atoms with Gasteiger partial charge >= 0.3 is 17.9 Å². The lowest BCUT2D eigenvalue weighted by Gasteiger charge is -2.18. The van der Waals surface area contributed by atoms with Gasteiger partial charge in [-0.15, -0.1) is 0 Å². The summed E-state index contributed by atoms with van der Waals surface area (Å²) in [6, 6.07) is 0. The van der Waals surface area contributed by atoms with Gasteiger partial charge in [-0.25, -0.2) is 0 Å². The molecule has 0 aromatic carbocycles. The van der Waals surface area contributed by atoms with Crippen LogP contribution in [0.15, 0.2) is 48.6 Å². The van der Waals surface area contributed by atoms with Gasteiger partial charge in [-0.3, -0.25) is 14.4 Å². The number of carbonyl (C=O) groups excluding carboxylic acids is 3. The molecule has 306 valence electrons. The third-order valence-corrected chi connectivity index (χ3v) is 9.38. The lowest BCUT2D eigenvalue weighted by Crippen LogP contribution is -2.30. The van der Waals surface area contributed by atoms with Gasteiger partial charge in [0.2, 0.25) is 0 Å². The van der Waals surface area contributed by atoms with Crippen LogP contribution in [0.3, 0.4) is 0 Å². The van der Waals surface area contributed by atoms with Crippen molar-refractivity contribution in [3.8, 4) is 0 Å². The number of rotatable bonds is 39. The molecule has 1 unspecified atom stereocenters. The monoisotopic (exact) mass is 743 g/mol. The second kappa shape index (κ2) is 42.1. The highest BCUT2D eigenvalue weighted by Gasteiger charge is 2.19. The Labute approximate surface area is 327 Å². The predicted octanol–water partition coefficient (Wildman–Crippen LogP) is 14.0. The smallest absolute Gasteiger partial charge is 0.306 e. The molecule has 53 heavy (non-hydrogen) atoms. The van der Waals surface area contributed by atoms with Crippen molar-refractivity contribution < 1.29 is 28.6 Å². The molecule has 0 amide bonds. The van der Waals surface area contributed by atoms with E-state index in [0.29, 0.717) is 25.7 Å². The van der Waals surface area contributed by atoms with Gasteiger partial charge in [0.25, 0.3) is 0 Å². The van der Waals surface area contributed by atoms with Gasteiger partial charge in [0.05, 0.1) is 0 Å². The highest BCUT2D eigenvalue weighted by molar-refractivity contribution is 5.71.